The fourth-order valence-corrected chi connectivity index (χ4v) is 4.28. The number of carbonyl (C=O) groups excluding carboxylic acids is 2. The summed E-state index contributed by atoms with van der Waals surface area (Å²) in [5, 5.41) is 6.25. The van der Waals surface area contributed by atoms with Gasteiger partial charge in [-0.05, 0) is 36.4 Å². The predicted octanol–water partition coefficient (Wildman–Crippen LogP) is 2.54. The third-order valence-corrected chi connectivity index (χ3v) is 5.91. The number of nitrogens with two attached hydrogens (primary N) is 1. The molecule has 2 N–H and O–H groups in total. The number of para-hydroxylation sites is 1. The molecule has 1 aliphatic heterocycles. The van der Waals surface area contributed by atoms with Crippen LogP contribution in [0.3, 0.4) is 0 Å². The van der Waals surface area contributed by atoms with Crippen LogP contribution >= 0.6 is 11.3 Å². The van der Waals surface area contributed by atoms with Gasteiger partial charge in [-0.15, -0.1) is 0 Å². The second-order valence-corrected chi connectivity index (χ2v) is 7.91. The quantitative estimate of drug-likeness (QED) is 0.607. The van der Waals surface area contributed by atoms with E-state index in [0.29, 0.717) is 17.4 Å². The lowest BCUT2D eigenvalue weighted by Crippen LogP contribution is -2.41. The van der Waals surface area contributed by atoms with E-state index in [1.165, 1.54) is 45.5 Å². The van der Waals surface area contributed by atoms with Gasteiger partial charge in [-0.2, -0.15) is 5.10 Å². The molecule has 8 nitrogen and oxygen atoms in total. The van der Waals surface area contributed by atoms with E-state index in [4.69, 9.17) is 10.5 Å². The molecule has 0 fully saturated rings. The van der Waals surface area contributed by atoms with Crippen molar-refractivity contribution in [3.63, 3.8) is 0 Å². The monoisotopic (exact) mass is 441 g/mol. The minimum absolute atomic E-state index is 0.0416. The third-order valence-electron chi connectivity index (χ3n) is 4.85. The summed E-state index contributed by atoms with van der Waals surface area (Å²) in [7, 11) is 1.55. The Hall–Kier alpha value is -3.37. The van der Waals surface area contributed by atoms with Gasteiger partial charge in [-0.1, -0.05) is 23.5 Å². The Bertz CT molecular complexity index is 1110. The topological polar surface area (TPSA) is 101 Å². The van der Waals surface area contributed by atoms with E-state index in [0.717, 1.165) is 10.2 Å². The molecule has 10 heteroatoms. The number of fused-ring (bicyclic) bond motifs is 1. The van der Waals surface area contributed by atoms with E-state index in [-0.39, 0.29) is 24.6 Å². The first-order chi connectivity index (χ1) is 15.0. The minimum Gasteiger partial charge on any atom is -0.383 e. The molecule has 1 aliphatic rings. The number of aromatic nitrogens is 1. The van der Waals surface area contributed by atoms with Gasteiger partial charge in [-0.25, -0.2) is 9.37 Å². The zero-order chi connectivity index (χ0) is 22.0. The number of carbonyl (C=O) groups is 2. The van der Waals surface area contributed by atoms with Gasteiger partial charge in [0.1, 0.15) is 17.6 Å². The molecule has 0 saturated carbocycles. The summed E-state index contributed by atoms with van der Waals surface area (Å²) < 4.78 is 19.4. The van der Waals surface area contributed by atoms with Crippen LogP contribution in [0.15, 0.2) is 53.6 Å². The van der Waals surface area contributed by atoms with Crippen LogP contribution in [0.25, 0.3) is 10.2 Å². The van der Waals surface area contributed by atoms with E-state index in [9.17, 15) is 14.0 Å². The summed E-state index contributed by atoms with van der Waals surface area (Å²) >= 11 is 1.39. The van der Waals surface area contributed by atoms with Gasteiger partial charge < -0.3 is 10.5 Å². The Balaban J connectivity index is 1.67. The van der Waals surface area contributed by atoms with E-state index in [1.807, 2.05) is 24.3 Å². The van der Waals surface area contributed by atoms with Crippen LogP contribution in [0.5, 0.6) is 0 Å². The highest BCUT2D eigenvalue weighted by Gasteiger charge is 2.37. The lowest BCUT2D eigenvalue weighted by molar-refractivity contribution is -0.119. The van der Waals surface area contributed by atoms with Gasteiger partial charge in [0.25, 0.3) is 5.91 Å². The maximum atomic E-state index is 13.4. The molecule has 0 aliphatic carbocycles. The summed E-state index contributed by atoms with van der Waals surface area (Å²) in [6.07, 6.45) is 0.0416. The predicted molar refractivity (Wildman–Crippen MR) is 118 cm³/mol. The van der Waals surface area contributed by atoms with Crippen molar-refractivity contribution >= 4 is 49.9 Å². The average molecular weight is 441 g/mol. The minimum atomic E-state index is -0.843. The first-order valence-corrected chi connectivity index (χ1v) is 10.4. The molecule has 1 aromatic heterocycles. The Labute approximate surface area is 181 Å². The van der Waals surface area contributed by atoms with Gasteiger partial charge in [0.15, 0.2) is 5.13 Å². The van der Waals surface area contributed by atoms with Crippen molar-refractivity contribution in [3.8, 4) is 0 Å². The number of anilines is 2. The molecule has 31 heavy (non-hydrogen) atoms. The summed E-state index contributed by atoms with van der Waals surface area (Å²) in [5.74, 6) is -1.42. The largest absolute Gasteiger partial charge is 0.383 e. The van der Waals surface area contributed by atoms with E-state index >= 15 is 0 Å². The number of amides is 2. The summed E-state index contributed by atoms with van der Waals surface area (Å²) in [4.78, 5) is 31.5. The van der Waals surface area contributed by atoms with Crippen LogP contribution in [0.2, 0.25) is 0 Å². The number of methoxy groups -OCH3 is 1. The molecule has 2 aromatic carbocycles. The normalized spacial score (nSPS) is 15.9. The number of ether oxygens (including phenoxy) is 1. The number of primary amides is 1. The fraction of sp³-hybridized carbons (Fsp3) is 0.238. The van der Waals surface area contributed by atoms with Crippen LogP contribution in [-0.2, 0) is 14.3 Å². The number of nitrogens with zero attached hydrogens (tertiary/aromatic N) is 4. The van der Waals surface area contributed by atoms with E-state index in [1.54, 1.807) is 7.11 Å². The maximum Gasteiger partial charge on any atom is 0.276 e. The van der Waals surface area contributed by atoms with Crippen LogP contribution in [0, 0.1) is 5.82 Å². The SMILES string of the molecule is COCCN(C(=O)C1=NN(c2ccc(F)cc2)C(C(N)=O)C1)c1nc2ccccc2s1. The Morgan fingerprint density at radius 1 is 1.26 bits per heavy atom. The number of hydrogen-bond donors (Lipinski definition) is 1. The molecule has 2 heterocycles. The number of halogens is 1. The standard InChI is InChI=1S/C21H20FN5O3S/c1-30-11-10-26(21-24-15-4-2-3-5-18(15)31-21)20(29)16-12-17(19(23)28)27(25-16)14-8-6-13(22)7-9-14/h2-9,17H,10-12H2,1H3,(H2,23,28). The highest BCUT2D eigenvalue weighted by atomic mass is 32.1. The summed E-state index contributed by atoms with van der Waals surface area (Å²) in [5.41, 5.74) is 6.98. The molecule has 0 spiro atoms. The molecular weight excluding hydrogens is 421 g/mol. The maximum absolute atomic E-state index is 13.4. The number of hydrazone groups is 1. The average Bonchev–Trinajstić information content (AvgIpc) is 3.39. The highest BCUT2D eigenvalue weighted by molar-refractivity contribution is 7.22. The summed E-state index contributed by atoms with van der Waals surface area (Å²) in [6.45, 7) is 0.571. The third kappa shape index (κ3) is 4.25. The van der Waals surface area contributed by atoms with Crippen molar-refractivity contribution in [2.24, 2.45) is 10.8 Å². The molecule has 0 saturated heterocycles. The fourth-order valence-electron chi connectivity index (χ4n) is 3.29. The summed E-state index contributed by atoms with van der Waals surface area (Å²) in [6, 6.07) is 12.2. The van der Waals surface area contributed by atoms with Crippen LogP contribution in [-0.4, -0.2) is 48.8 Å². The van der Waals surface area contributed by atoms with Crippen molar-refractivity contribution in [1.29, 1.82) is 0 Å². The molecule has 0 bridgehead atoms. The Morgan fingerprint density at radius 3 is 2.68 bits per heavy atom. The second-order valence-electron chi connectivity index (χ2n) is 6.90. The van der Waals surface area contributed by atoms with Gasteiger partial charge in [0.05, 0.1) is 29.1 Å². The molecule has 3 aromatic rings. The van der Waals surface area contributed by atoms with Gasteiger partial charge in [0, 0.05) is 13.5 Å². The number of benzene rings is 2. The first-order valence-electron chi connectivity index (χ1n) is 9.56. The van der Waals surface area contributed by atoms with Crippen molar-refractivity contribution in [3.05, 3.63) is 54.3 Å². The number of rotatable bonds is 7. The van der Waals surface area contributed by atoms with Crippen molar-refractivity contribution in [2.75, 3.05) is 30.2 Å². The zero-order valence-electron chi connectivity index (χ0n) is 16.7. The lowest BCUT2D eigenvalue weighted by atomic mass is 10.1. The molecule has 160 valence electrons. The molecule has 1 atom stereocenters. The first kappa shape index (κ1) is 20.9. The van der Waals surface area contributed by atoms with Crippen LogP contribution < -0.4 is 15.6 Å². The van der Waals surface area contributed by atoms with Gasteiger partial charge >= 0.3 is 0 Å². The Kier molecular flexibility index (Phi) is 5.92. The zero-order valence-corrected chi connectivity index (χ0v) is 17.5. The molecule has 0 radical (unpaired) electrons. The van der Waals surface area contributed by atoms with Crippen molar-refractivity contribution in [2.45, 2.75) is 12.5 Å². The van der Waals surface area contributed by atoms with E-state index in [2.05, 4.69) is 10.1 Å². The number of hydrogen-bond acceptors (Lipinski definition) is 7. The molecule has 1 unspecified atom stereocenters. The molecule has 2 amide bonds. The van der Waals surface area contributed by atoms with Crippen molar-refractivity contribution in [1.82, 2.24) is 4.98 Å². The highest BCUT2D eigenvalue weighted by Crippen LogP contribution is 2.30. The molecular formula is C21H20FN5O3S. The molecule has 4 rings (SSSR count). The van der Waals surface area contributed by atoms with E-state index < -0.39 is 17.8 Å². The Morgan fingerprint density at radius 2 is 2.00 bits per heavy atom. The van der Waals surface area contributed by atoms with Crippen LogP contribution in [0.4, 0.5) is 15.2 Å². The van der Waals surface area contributed by atoms with Gasteiger partial charge in [0.2, 0.25) is 5.91 Å². The lowest BCUT2D eigenvalue weighted by Gasteiger charge is -2.20. The second kappa shape index (κ2) is 8.78. The smallest absolute Gasteiger partial charge is 0.276 e. The number of thiazole rings is 1. The van der Waals surface area contributed by atoms with Crippen molar-refractivity contribution < 1.29 is 18.7 Å². The van der Waals surface area contributed by atoms with Crippen LogP contribution in [0.1, 0.15) is 6.42 Å². The van der Waals surface area contributed by atoms with Gasteiger partial charge in [-0.3, -0.25) is 19.5 Å².